The molecule has 1 atom stereocenters. The smallest absolute Gasteiger partial charge is 0.269 e. The first-order valence-corrected chi connectivity index (χ1v) is 8.53. The molecule has 2 heterocycles. The van der Waals surface area contributed by atoms with Gasteiger partial charge in [-0.1, -0.05) is 5.16 Å². The third kappa shape index (κ3) is 2.84. The van der Waals surface area contributed by atoms with E-state index in [1.807, 2.05) is 0 Å². The summed E-state index contributed by atoms with van der Waals surface area (Å²) in [6.07, 6.45) is 1.37. The molecule has 3 rings (SSSR count). The lowest BCUT2D eigenvalue weighted by Crippen LogP contribution is -2.30. The molecule has 0 bridgehead atoms. The highest BCUT2D eigenvalue weighted by Crippen LogP contribution is 2.36. The van der Waals surface area contributed by atoms with Crippen LogP contribution < -0.4 is 0 Å². The monoisotopic (exact) mass is 337 g/mol. The normalized spacial score (nSPS) is 19.1. The third-order valence-corrected chi connectivity index (χ3v) is 5.75. The zero-order chi connectivity index (χ0) is 16.6. The van der Waals surface area contributed by atoms with Gasteiger partial charge in [-0.05, 0) is 31.9 Å². The summed E-state index contributed by atoms with van der Waals surface area (Å²) in [6, 6.07) is 6.24. The number of nitro benzene ring substituents is 1. The summed E-state index contributed by atoms with van der Waals surface area (Å²) in [5.74, 6) is 0.519. The molecule has 122 valence electrons. The van der Waals surface area contributed by atoms with E-state index in [2.05, 4.69) is 5.16 Å². The van der Waals surface area contributed by atoms with Gasteiger partial charge in [0.05, 0.1) is 21.6 Å². The highest BCUT2D eigenvalue weighted by molar-refractivity contribution is 7.89. The maximum atomic E-state index is 12.8. The number of aromatic nitrogens is 1. The predicted molar refractivity (Wildman–Crippen MR) is 80.2 cm³/mol. The molecule has 0 saturated carbocycles. The number of nitro groups is 1. The van der Waals surface area contributed by atoms with E-state index in [0.717, 1.165) is 6.42 Å². The first kappa shape index (κ1) is 15.6. The average Bonchev–Trinajstić information content (AvgIpc) is 3.16. The number of rotatable bonds is 4. The Balaban J connectivity index is 1.93. The predicted octanol–water partition coefficient (Wildman–Crippen LogP) is 2.42. The van der Waals surface area contributed by atoms with Crippen LogP contribution in [0.2, 0.25) is 0 Å². The van der Waals surface area contributed by atoms with Crippen molar-refractivity contribution >= 4 is 15.7 Å². The molecule has 1 aromatic heterocycles. The van der Waals surface area contributed by atoms with Crippen molar-refractivity contribution < 1.29 is 17.9 Å². The van der Waals surface area contributed by atoms with Gasteiger partial charge in [-0.25, -0.2) is 8.42 Å². The van der Waals surface area contributed by atoms with Gasteiger partial charge >= 0.3 is 0 Å². The van der Waals surface area contributed by atoms with E-state index < -0.39 is 21.0 Å². The second kappa shape index (κ2) is 5.74. The fraction of sp³-hybridized carbons (Fsp3) is 0.357. The van der Waals surface area contributed by atoms with Crippen LogP contribution in [0.25, 0.3) is 0 Å². The maximum Gasteiger partial charge on any atom is 0.269 e. The molecule has 1 aromatic carbocycles. The van der Waals surface area contributed by atoms with E-state index in [9.17, 15) is 18.5 Å². The average molecular weight is 337 g/mol. The molecular formula is C14H15N3O5S. The van der Waals surface area contributed by atoms with Crippen molar-refractivity contribution in [2.45, 2.75) is 30.7 Å². The lowest BCUT2D eigenvalue weighted by molar-refractivity contribution is -0.384. The summed E-state index contributed by atoms with van der Waals surface area (Å²) in [5, 5.41) is 14.5. The highest BCUT2D eigenvalue weighted by Gasteiger charge is 2.38. The van der Waals surface area contributed by atoms with Gasteiger partial charge in [-0.15, -0.1) is 0 Å². The third-order valence-electron chi connectivity index (χ3n) is 3.83. The molecule has 1 saturated heterocycles. The van der Waals surface area contributed by atoms with Crippen molar-refractivity contribution in [3.05, 3.63) is 51.9 Å². The van der Waals surface area contributed by atoms with Gasteiger partial charge in [0.2, 0.25) is 10.0 Å². The molecule has 0 spiro atoms. The molecule has 9 heteroatoms. The van der Waals surface area contributed by atoms with Crippen LogP contribution in [0.5, 0.6) is 0 Å². The largest absolute Gasteiger partial charge is 0.359 e. The van der Waals surface area contributed by atoms with Crippen molar-refractivity contribution in [1.82, 2.24) is 9.46 Å². The van der Waals surface area contributed by atoms with Crippen molar-refractivity contribution in [3.63, 3.8) is 0 Å². The van der Waals surface area contributed by atoms with Crippen LogP contribution in [0.1, 0.15) is 30.3 Å². The van der Waals surface area contributed by atoms with Crippen molar-refractivity contribution in [2.24, 2.45) is 0 Å². The topological polar surface area (TPSA) is 107 Å². The summed E-state index contributed by atoms with van der Waals surface area (Å²) in [5.41, 5.74) is 0.548. The van der Waals surface area contributed by atoms with Gasteiger partial charge in [0.25, 0.3) is 5.69 Å². The lowest BCUT2D eigenvalue weighted by Gasteiger charge is -2.22. The molecule has 1 aliphatic heterocycles. The standard InChI is InChI=1S/C14H15N3O5S/c1-10-9-14(22-15-10)13-3-2-8-16(13)23(20,21)12-6-4-11(5-7-12)17(18)19/h4-7,9,13H,2-3,8H2,1H3/t13-/m1/s1. The molecule has 0 unspecified atom stereocenters. The van der Waals surface area contributed by atoms with Crippen LogP contribution in [0.4, 0.5) is 5.69 Å². The molecule has 0 aliphatic carbocycles. The van der Waals surface area contributed by atoms with Crippen LogP contribution in [-0.4, -0.2) is 29.3 Å². The summed E-state index contributed by atoms with van der Waals surface area (Å²) in [4.78, 5) is 10.2. The molecule has 1 fully saturated rings. The summed E-state index contributed by atoms with van der Waals surface area (Å²) >= 11 is 0. The number of non-ortho nitro benzene ring substituents is 1. The SMILES string of the molecule is Cc1cc([C@H]2CCCN2S(=O)(=O)c2ccc([N+](=O)[O-])cc2)on1. The fourth-order valence-corrected chi connectivity index (χ4v) is 4.39. The Hall–Kier alpha value is -2.26. The van der Waals surface area contributed by atoms with Gasteiger partial charge in [0.15, 0.2) is 5.76 Å². The Morgan fingerprint density at radius 2 is 2.04 bits per heavy atom. The first-order chi connectivity index (χ1) is 10.9. The van der Waals surface area contributed by atoms with E-state index in [4.69, 9.17) is 4.52 Å². The summed E-state index contributed by atoms with van der Waals surface area (Å²) < 4.78 is 32.2. The molecule has 23 heavy (non-hydrogen) atoms. The molecule has 2 aromatic rings. The van der Waals surface area contributed by atoms with Crippen LogP contribution in [0.15, 0.2) is 39.8 Å². The number of hydrogen-bond acceptors (Lipinski definition) is 6. The number of hydrogen-bond donors (Lipinski definition) is 0. The Morgan fingerprint density at radius 1 is 1.35 bits per heavy atom. The number of aryl methyl sites for hydroxylation is 1. The Labute approximate surface area is 132 Å². The van der Waals surface area contributed by atoms with Crippen molar-refractivity contribution in [1.29, 1.82) is 0 Å². The minimum Gasteiger partial charge on any atom is -0.359 e. The molecule has 0 amide bonds. The number of nitrogens with zero attached hydrogens (tertiary/aromatic N) is 3. The quantitative estimate of drug-likeness (QED) is 0.626. The van der Waals surface area contributed by atoms with E-state index in [1.54, 1.807) is 13.0 Å². The van der Waals surface area contributed by atoms with Crippen LogP contribution in [0.3, 0.4) is 0 Å². The lowest BCUT2D eigenvalue weighted by atomic mass is 10.2. The van der Waals surface area contributed by atoms with Gasteiger partial charge in [-0.3, -0.25) is 10.1 Å². The maximum absolute atomic E-state index is 12.8. The molecule has 0 N–H and O–H groups in total. The number of sulfonamides is 1. The fourth-order valence-electron chi connectivity index (χ4n) is 2.73. The molecule has 0 radical (unpaired) electrons. The molecular weight excluding hydrogens is 322 g/mol. The summed E-state index contributed by atoms with van der Waals surface area (Å²) in [7, 11) is -3.75. The first-order valence-electron chi connectivity index (χ1n) is 7.09. The zero-order valence-corrected chi connectivity index (χ0v) is 13.2. The van der Waals surface area contributed by atoms with Crippen molar-refractivity contribution in [3.8, 4) is 0 Å². The second-order valence-corrected chi connectivity index (χ2v) is 7.29. The van der Waals surface area contributed by atoms with Gasteiger partial charge in [0.1, 0.15) is 0 Å². The van der Waals surface area contributed by atoms with Gasteiger partial charge in [-0.2, -0.15) is 4.31 Å². The van der Waals surface area contributed by atoms with Crippen LogP contribution in [0, 0.1) is 17.0 Å². The van der Waals surface area contributed by atoms with Crippen LogP contribution in [-0.2, 0) is 10.0 Å². The van der Waals surface area contributed by atoms with E-state index in [-0.39, 0.29) is 10.6 Å². The molecule has 1 aliphatic rings. The minimum absolute atomic E-state index is 0.0336. The van der Waals surface area contributed by atoms with E-state index in [1.165, 1.54) is 28.6 Å². The zero-order valence-electron chi connectivity index (χ0n) is 12.4. The Kier molecular flexibility index (Phi) is 3.90. The summed E-state index contributed by atoms with van der Waals surface area (Å²) in [6.45, 7) is 2.15. The van der Waals surface area contributed by atoms with Crippen molar-refractivity contribution in [2.75, 3.05) is 6.54 Å². The second-order valence-electron chi connectivity index (χ2n) is 5.40. The number of benzene rings is 1. The van der Waals surface area contributed by atoms with Gasteiger partial charge < -0.3 is 4.52 Å². The van der Waals surface area contributed by atoms with Gasteiger partial charge in [0, 0.05) is 24.7 Å². The minimum atomic E-state index is -3.75. The van der Waals surface area contributed by atoms with E-state index >= 15 is 0 Å². The Morgan fingerprint density at radius 3 is 2.61 bits per heavy atom. The van der Waals surface area contributed by atoms with Crippen LogP contribution >= 0.6 is 0 Å². The molecule has 8 nitrogen and oxygen atoms in total. The van der Waals surface area contributed by atoms with E-state index in [0.29, 0.717) is 24.4 Å². The Bertz CT molecular complexity index is 828. The highest BCUT2D eigenvalue weighted by atomic mass is 32.2.